The first-order valence-corrected chi connectivity index (χ1v) is 9.23. The summed E-state index contributed by atoms with van der Waals surface area (Å²) in [7, 11) is 0. The molecule has 5 rings (SSSR count). The maximum atomic E-state index is 6.07. The molecule has 4 aromatic rings. The van der Waals surface area contributed by atoms with E-state index in [1.54, 1.807) is 0 Å². The van der Waals surface area contributed by atoms with Gasteiger partial charge in [0.25, 0.3) is 0 Å². The van der Waals surface area contributed by atoms with Crippen molar-refractivity contribution in [3.63, 3.8) is 0 Å². The van der Waals surface area contributed by atoms with Crippen LogP contribution in [0.4, 0.5) is 0 Å². The molecule has 25 heavy (non-hydrogen) atoms. The van der Waals surface area contributed by atoms with Crippen LogP contribution in [0.15, 0.2) is 67.0 Å². The average molecular weight is 347 g/mol. The molecule has 124 valence electrons. The minimum atomic E-state index is 0.782. The van der Waals surface area contributed by atoms with Crippen LogP contribution in [0, 0.1) is 0 Å². The van der Waals surface area contributed by atoms with Gasteiger partial charge in [-0.1, -0.05) is 54.1 Å². The lowest BCUT2D eigenvalue weighted by atomic mass is 10.0. The number of halogens is 1. The highest BCUT2D eigenvalue weighted by Gasteiger charge is 2.21. The largest absolute Gasteiger partial charge is 0.325 e. The van der Waals surface area contributed by atoms with Crippen molar-refractivity contribution in [3.8, 4) is 22.4 Å². The molecule has 2 nitrogen and oxygen atoms in total. The van der Waals surface area contributed by atoms with Gasteiger partial charge in [-0.05, 0) is 42.5 Å². The van der Waals surface area contributed by atoms with Crippen molar-refractivity contribution in [2.75, 3.05) is 0 Å². The second kappa shape index (κ2) is 5.82. The third kappa shape index (κ3) is 2.40. The van der Waals surface area contributed by atoms with Gasteiger partial charge in [-0.2, -0.15) is 0 Å². The molecule has 0 radical (unpaired) electrons. The van der Waals surface area contributed by atoms with Crippen molar-refractivity contribution in [3.05, 3.63) is 77.6 Å². The number of benzene rings is 2. The van der Waals surface area contributed by atoms with E-state index in [0.29, 0.717) is 0 Å². The monoisotopic (exact) mass is 346 g/mol. The van der Waals surface area contributed by atoms with E-state index in [4.69, 9.17) is 11.6 Å². The standard InChI is InChI=1S/C22H19ClN2/c23-18-11-9-17(10-12-18)21-15-24-14-20(16-6-2-1-3-7-16)19-8-4-5-13-25(21)22(19)24/h1-3,6-7,9-12,14-15H,4-5,8,13H2. The molecule has 0 amide bonds. The SMILES string of the molecule is Clc1ccc(-c2cn3cc(-c4ccccc4)c4c3n2CCCC4)cc1. The van der Waals surface area contributed by atoms with Gasteiger partial charge in [-0.15, -0.1) is 0 Å². The highest BCUT2D eigenvalue weighted by Crippen LogP contribution is 2.36. The fourth-order valence-electron chi connectivity index (χ4n) is 4.03. The molecule has 3 heteroatoms. The maximum absolute atomic E-state index is 6.07. The van der Waals surface area contributed by atoms with E-state index in [1.165, 1.54) is 46.4 Å². The van der Waals surface area contributed by atoms with Gasteiger partial charge >= 0.3 is 0 Å². The predicted molar refractivity (Wildman–Crippen MR) is 104 cm³/mol. The Kier molecular flexibility index (Phi) is 3.46. The topological polar surface area (TPSA) is 9.34 Å². The molecule has 0 saturated carbocycles. The molecule has 0 N–H and O–H groups in total. The van der Waals surface area contributed by atoms with E-state index in [9.17, 15) is 0 Å². The summed E-state index contributed by atoms with van der Waals surface area (Å²) in [5, 5.41) is 0.782. The molecule has 0 spiro atoms. The number of imidazole rings is 1. The summed E-state index contributed by atoms with van der Waals surface area (Å²) in [4.78, 5) is 0. The minimum Gasteiger partial charge on any atom is -0.325 e. The second-order valence-corrected chi connectivity index (χ2v) is 7.18. The second-order valence-electron chi connectivity index (χ2n) is 6.75. The van der Waals surface area contributed by atoms with Crippen molar-refractivity contribution < 1.29 is 0 Å². The summed E-state index contributed by atoms with van der Waals surface area (Å²) >= 11 is 6.07. The molecule has 2 aromatic carbocycles. The Hall–Kier alpha value is -2.45. The first-order valence-electron chi connectivity index (χ1n) is 8.86. The highest BCUT2D eigenvalue weighted by molar-refractivity contribution is 6.30. The number of aryl methyl sites for hydroxylation is 2. The Morgan fingerprint density at radius 3 is 2.40 bits per heavy atom. The number of hydrogen-bond donors (Lipinski definition) is 0. The number of nitrogens with zero attached hydrogens (tertiary/aromatic N) is 2. The number of aromatic nitrogens is 2. The molecule has 1 aliphatic heterocycles. The van der Waals surface area contributed by atoms with Gasteiger partial charge in [0.15, 0.2) is 0 Å². The summed E-state index contributed by atoms with van der Waals surface area (Å²) < 4.78 is 4.80. The maximum Gasteiger partial charge on any atom is 0.121 e. The van der Waals surface area contributed by atoms with Gasteiger partial charge in [0, 0.05) is 35.1 Å². The quantitative estimate of drug-likeness (QED) is 0.417. The van der Waals surface area contributed by atoms with Crippen LogP contribution in [0.25, 0.3) is 28.0 Å². The molecular formula is C22H19ClN2. The lowest BCUT2D eigenvalue weighted by Gasteiger charge is -2.08. The van der Waals surface area contributed by atoms with Crippen molar-refractivity contribution in [2.45, 2.75) is 25.8 Å². The van der Waals surface area contributed by atoms with Crippen LogP contribution in [0.5, 0.6) is 0 Å². The minimum absolute atomic E-state index is 0.782. The molecule has 2 aromatic heterocycles. The molecule has 0 atom stereocenters. The van der Waals surface area contributed by atoms with Crippen molar-refractivity contribution in [2.24, 2.45) is 0 Å². The summed E-state index contributed by atoms with van der Waals surface area (Å²) in [5.41, 5.74) is 8.00. The summed E-state index contributed by atoms with van der Waals surface area (Å²) in [6.45, 7) is 1.07. The molecule has 0 unspecified atom stereocenters. The smallest absolute Gasteiger partial charge is 0.121 e. The van der Waals surface area contributed by atoms with Crippen LogP contribution < -0.4 is 0 Å². The Morgan fingerprint density at radius 2 is 1.60 bits per heavy atom. The number of rotatable bonds is 2. The van der Waals surface area contributed by atoms with Gasteiger partial charge in [-0.25, -0.2) is 0 Å². The first-order chi connectivity index (χ1) is 12.3. The van der Waals surface area contributed by atoms with E-state index >= 15 is 0 Å². The van der Waals surface area contributed by atoms with Crippen molar-refractivity contribution in [1.29, 1.82) is 0 Å². The van der Waals surface area contributed by atoms with E-state index < -0.39 is 0 Å². The van der Waals surface area contributed by atoms with Crippen LogP contribution in [-0.4, -0.2) is 8.97 Å². The van der Waals surface area contributed by atoms with Gasteiger partial charge < -0.3 is 8.97 Å². The third-order valence-corrected chi connectivity index (χ3v) is 5.45. The Labute approximate surface area is 152 Å². The zero-order valence-electron chi connectivity index (χ0n) is 14.0. The lowest BCUT2D eigenvalue weighted by molar-refractivity contribution is 0.647. The van der Waals surface area contributed by atoms with Crippen LogP contribution in [0.2, 0.25) is 5.02 Å². The molecule has 0 saturated heterocycles. The zero-order valence-corrected chi connectivity index (χ0v) is 14.7. The van der Waals surface area contributed by atoms with Gasteiger partial charge in [-0.3, -0.25) is 0 Å². The van der Waals surface area contributed by atoms with E-state index in [1.807, 2.05) is 12.1 Å². The van der Waals surface area contributed by atoms with Crippen molar-refractivity contribution in [1.82, 2.24) is 8.97 Å². The summed E-state index contributed by atoms with van der Waals surface area (Å²) in [5.74, 6) is 0. The van der Waals surface area contributed by atoms with Crippen LogP contribution in [0.1, 0.15) is 18.4 Å². The van der Waals surface area contributed by atoms with Gasteiger partial charge in [0.1, 0.15) is 5.65 Å². The molecule has 0 aliphatic carbocycles. The molecular weight excluding hydrogens is 328 g/mol. The van der Waals surface area contributed by atoms with Crippen molar-refractivity contribution >= 4 is 17.2 Å². The fraction of sp³-hybridized carbons (Fsp3) is 0.182. The van der Waals surface area contributed by atoms with E-state index in [0.717, 1.165) is 18.0 Å². The fourth-order valence-corrected chi connectivity index (χ4v) is 4.16. The summed E-state index contributed by atoms with van der Waals surface area (Å²) in [6.07, 6.45) is 8.15. The molecule has 0 fully saturated rings. The molecule has 1 aliphatic rings. The molecule has 0 bridgehead atoms. The van der Waals surface area contributed by atoms with Crippen LogP contribution in [-0.2, 0) is 13.0 Å². The zero-order chi connectivity index (χ0) is 16.8. The van der Waals surface area contributed by atoms with E-state index in [2.05, 4.69) is 63.8 Å². The molecule has 3 heterocycles. The first kappa shape index (κ1) is 14.9. The Balaban J connectivity index is 1.74. The third-order valence-electron chi connectivity index (χ3n) is 5.20. The normalized spacial score (nSPS) is 14.0. The lowest BCUT2D eigenvalue weighted by Crippen LogP contribution is -1.98. The Bertz CT molecular complexity index is 1040. The van der Waals surface area contributed by atoms with E-state index in [-0.39, 0.29) is 0 Å². The predicted octanol–water partition coefficient (Wildman–Crippen LogP) is 6.06. The van der Waals surface area contributed by atoms with Gasteiger partial charge in [0.05, 0.1) is 5.69 Å². The van der Waals surface area contributed by atoms with Gasteiger partial charge in [0.2, 0.25) is 0 Å². The van der Waals surface area contributed by atoms with Crippen LogP contribution in [0.3, 0.4) is 0 Å². The Morgan fingerprint density at radius 1 is 0.800 bits per heavy atom. The average Bonchev–Trinajstić information content (AvgIpc) is 3.08. The summed E-state index contributed by atoms with van der Waals surface area (Å²) in [6, 6.07) is 18.9. The van der Waals surface area contributed by atoms with Crippen LogP contribution >= 0.6 is 11.6 Å². The number of hydrogen-bond acceptors (Lipinski definition) is 0. The highest BCUT2D eigenvalue weighted by atomic mass is 35.5.